The molecular formula is C56H64F2N18O8S2. The van der Waals surface area contributed by atoms with Crippen molar-refractivity contribution in [2.24, 2.45) is 0 Å². The van der Waals surface area contributed by atoms with Crippen LogP contribution in [0.25, 0.3) is 42.8 Å². The van der Waals surface area contributed by atoms with Crippen LogP contribution in [0.3, 0.4) is 0 Å². The summed E-state index contributed by atoms with van der Waals surface area (Å²) in [4.78, 5) is 102. The zero-order valence-electron chi connectivity index (χ0n) is 46.3. The number of non-ortho nitro benzene ring substituents is 2. The first-order chi connectivity index (χ1) is 40.1. The molecule has 10 aromatic rings. The summed E-state index contributed by atoms with van der Waals surface area (Å²) < 4.78 is 39.8. The van der Waals surface area contributed by atoms with Gasteiger partial charge in [0, 0.05) is 88.5 Å². The van der Waals surface area contributed by atoms with Crippen molar-refractivity contribution in [2.75, 3.05) is 36.4 Å². The lowest BCUT2D eigenvalue weighted by Gasteiger charge is -2.27. The third kappa shape index (κ3) is 16.7. The summed E-state index contributed by atoms with van der Waals surface area (Å²) in [7, 11) is 0. The Balaban J connectivity index is 0.000000253. The normalized spacial score (nSPS) is 11.4. The van der Waals surface area contributed by atoms with Crippen molar-refractivity contribution < 1.29 is 37.7 Å². The van der Waals surface area contributed by atoms with Crippen LogP contribution in [0.4, 0.5) is 41.4 Å². The number of imidazole rings is 2. The molecule has 0 bridgehead atoms. The quantitative estimate of drug-likeness (QED) is 0.0313. The van der Waals surface area contributed by atoms with E-state index < -0.39 is 39.1 Å². The average molecular weight is 1220 g/mol. The lowest BCUT2D eigenvalue weighted by atomic mass is 10.2. The van der Waals surface area contributed by atoms with Crippen LogP contribution >= 0.6 is 22.7 Å². The topological polar surface area (TPSA) is 330 Å². The van der Waals surface area contributed by atoms with Gasteiger partial charge in [-0.2, -0.15) is 0 Å². The lowest BCUT2D eigenvalue weighted by molar-refractivity contribution is -0.384. The van der Waals surface area contributed by atoms with Crippen LogP contribution in [0.1, 0.15) is 89.4 Å². The number of rotatable bonds is 20. The van der Waals surface area contributed by atoms with E-state index in [0.717, 1.165) is 15.7 Å². The third-order valence-electron chi connectivity index (χ3n) is 12.1. The second kappa shape index (κ2) is 28.0. The Bertz CT molecular complexity index is 4010. The van der Waals surface area contributed by atoms with Gasteiger partial charge in [0.2, 0.25) is 0 Å². The monoisotopic (exact) mass is 1220 g/mol. The number of benzene rings is 2. The maximum Gasteiger partial charge on any atom is 0.416 e. The molecule has 4 N–H and O–H groups in total. The minimum absolute atomic E-state index is 0. The molecule has 0 spiro atoms. The molecule has 0 aliphatic rings. The number of pyridine rings is 2. The fourth-order valence-electron chi connectivity index (χ4n) is 8.25. The SMILES string of the molecule is C.C.CC(C)(C)OC(=O)N(CCc1nc2ccc([N+](=O)[O-])cc2[nH]1)CCc1nc2c(N(Cc3ncccc3F)C(=O)OC(C)(C)C)ncnc2s1.O=[N+]([O-])c1ccc2nc(CCNCCc3nc4c(NCc5ncccc5F)ncnc4s3)[nH]c2c1. The Morgan fingerprint density at radius 1 is 0.640 bits per heavy atom. The Hall–Kier alpha value is -9.42. The van der Waals surface area contributed by atoms with Crippen LogP contribution < -0.4 is 15.5 Å². The van der Waals surface area contributed by atoms with Crippen LogP contribution in [0.2, 0.25) is 0 Å². The number of carbonyl (C=O) groups excluding carboxylic acids is 2. The number of hydrogen-bond acceptors (Lipinski definition) is 22. The van der Waals surface area contributed by atoms with Crippen LogP contribution in [-0.4, -0.2) is 124 Å². The number of nitrogens with zero attached hydrogens (tertiary/aromatic N) is 14. The number of fused-ring (bicyclic) bond motifs is 4. The standard InChI is InChI=1S/C32H36FN9O6S.C22H20FN9O2S.2CH4/c1-31(2,3)47-29(43)40(14-11-24-37-21-10-9-19(42(45)46)16-22(21)38-24)15-12-25-39-26-27(35-18-36-28(26)49-25)41(30(44)48-32(4,5)6)17-23-20(33)8-7-13-34-23;23-14-2-1-7-25-17(14)11-26-21-20-22(28-12-27-21)35-19(31-20)6-9-24-8-5-18-29-15-4-3-13(32(33)34)10-16(15)30-18;;/h7-10,13,16,18H,11-12,14-15,17H2,1-6H3,(H,37,38);1-4,7,10,12,24H,5-6,8-9,11H2,(H,29,30)(H,26,27,28);2*1H4. The number of hydrogen-bond donors (Lipinski definition) is 4. The average Bonchev–Trinajstić information content (AvgIpc) is 3.83. The Labute approximate surface area is 499 Å². The summed E-state index contributed by atoms with van der Waals surface area (Å²) in [5.41, 5.74) is 2.13. The van der Waals surface area contributed by atoms with Crippen molar-refractivity contribution in [3.05, 3.63) is 151 Å². The van der Waals surface area contributed by atoms with Gasteiger partial charge in [-0.05, 0) is 77.9 Å². The molecule has 0 aliphatic heterocycles. The molecule has 0 saturated carbocycles. The van der Waals surface area contributed by atoms with Crippen LogP contribution in [0.5, 0.6) is 0 Å². The number of amides is 2. The maximum atomic E-state index is 14.6. The predicted molar refractivity (Wildman–Crippen MR) is 323 cm³/mol. The van der Waals surface area contributed by atoms with Crippen molar-refractivity contribution in [1.82, 2.24) is 70.0 Å². The number of nitrogens with one attached hydrogen (secondary N) is 4. The van der Waals surface area contributed by atoms with Gasteiger partial charge in [0.15, 0.2) is 11.6 Å². The van der Waals surface area contributed by atoms with Gasteiger partial charge in [0.25, 0.3) is 11.4 Å². The van der Waals surface area contributed by atoms with Crippen LogP contribution in [0, 0.1) is 31.9 Å². The second-order valence-electron chi connectivity index (χ2n) is 20.7. The van der Waals surface area contributed by atoms with Gasteiger partial charge >= 0.3 is 12.2 Å². The number of anilines is 2. The van der Waals surface area contributed by atoms with E-state index in [9.17, 15) is 38.6 Å². The number of ether oxygens (including phenoxy) is 2. The number of thiazole rings is 2. The number of nitro benzene ring substituents is 2. The first kappa shape index (κ1) is 64.1. The van der Waals surface area contributed by atoms with Crippen LogP contribution in [0.15, 0.2) is 85.7 Å². The summed E-state index contributed by atoms with van der Waals surface area (Å²) in [6.07, 6.45) is 6.44. The number of H-pyrrole nitrogens is 2. The molecule has 86 heavy (non-hydrogen) atoms. The number of nitro groups is 2. The molecule has 0 saturated heterocycles. The van der Waals surface area contributed by atoms with Crippen molar-refractivity contribution in [2.45, 2.75) is 106 Å². The van der Waals surface area contributed by atoms with Crippen molar-refractivity contribution in [3.63, 3.8) is 0 Å². The van der Waals surface area contributed by atoms with E-state index >= 15 is 0 Å². The molecule has 0 fully saturated rings. The van der Waals surface area contributed by atoms with E-state index in [1.807, 2.05) is 0 Å². The second-order valence-corrected chi connectivity index (χ2v) is 22.9. The molecule has 8 aromatic heterocycles. The molecule has 10 rings (SSSR count). The van der Waals surface area contributed by atoms with Gasteiger partial charge in [-0.15, -0.1) is 0 Å². The Kier molecular flexibility index (Phi) is 20.9. The highest BCUT2D eigenvalue weighted by Gasteiger charge is 2.30. The van der Waals surface area contributed by atoms with Gasteiger partial charge in [-0.1, -0.05) is 37.5 Å². The minimum Gasteiger partial charge on any atom is -0.444 e. The molecule has 0 aliphatic carbocycles. The summed E-state index contributed by atoms with van der Waals surface area (Å²) in [5.74, 6) is 1.02. The highest BCUT2D eigenvalue weighted by molar-refractivity contribution is 7.18. The fourth-order valence-corrected chi connectivity index (χ4v) is 10.0. The van der Waals surface area contributed by atoms with E-state index in [0.29, 0.717) is 99.0 Å². The van der Waals surface area contributed by atoms with E-state index in [2.05, 4.69) is 65.5 Å². The first-order valence-electron chi connectivity index (χ1n) is 26.2. The number of aromatic nitrogens is 12. The van der Waals surface area contributed by atoms with Gasteiger partial charge < -0.3 is 35.0 Å². The van der Waals surface area contributed by atoms with E-state index in [-0.39, 0.29) is 69.7 Å². The fraction of sp³-hybridized carbons (Fsp3) is 0.357. The molecule has 2 amide bonds. The summed E-state index contributed by atoms with van der Waals surface area (Å²) in [6, 6.07) is 14.6. The molecule has 0 unspecified atom stereocenters. The number of carbonyl (C=O) groups is 2. The molecule has 8 heterocycles. The van der Waals surface area contributed by atoms with Crippen LogP contribution in [-0.2, 0) is 48.2 Å². The molecule has 30 heteroatoms. The molecule has 452 valence electrons. The Morgan fingerprint density at radius 2 is 1.16 bits per heavy atom. The Morgan fingerprint density at radius 3 is 1.76 bits per heavy atom. The van der Waals surface area contributed by atoms with Crippen molar-refractivity contribution in [1.29, 1.82) is 0 Å². The lowest BCUT2D eigenvalue weighted by Crippen LogP contribution is -2.39. The van der Waals surface area contributed by atoms with Gasteiger partial charge in [0.05, 0.1) is 66.4 Å². The summed E-state index contributed by atoms with van der Waals surface area (Å²) in [6.45, 7) is 12.3. The van der Waals surface area contributed by atoms with Gasteiger partial charge in [-0.3, -0.25) is 35.1 Å². The van der Waals surface area contributed by atoms with Gasteiger partial charge in [0.1, 0.15) is 67.8 Å². The maximum absolute atomic E-state index is 14.6. The minimum atomic E-state index is -0.844. The predicted octanol–water partition coefficient (Wildman–Crippen LogP) is 11.0. The zero-order valence-corrected chi connectivity index (χ0v) is 47.9. The molecule has 0 radical (unpaired) electrons. The van der Waals surface area contributed by atoms with E-state index in [4.69, 9.17) is 14.5 Å². The first-order valence-corrected chi connectivity index (χ1v) is 27.8. The highest BCUT2D eigenvalue weighted by atomic mass is 32.1. The number of aromatic amines is 2. The zero-order chi connectivity index (χ0) is 59.7. The molecular weight excluding hydrogens is 1150 g/mol. The number of halogens is 2. The van der Waals surface area contributed by atoms with Gasteiger partial charge in [-0.25, -0.2) is 58.2 Å². The third-order valence-corrected chi connectivity index (χ3v) is 14.1. The molecule has 0 atom stereocenters. The largest absolute Gasteiger partial charge is 0.444 e. The van der Waals surface area contributed by atoms with E-state index in [1.165, 1.54) is 93.8 Å². The van der Waals surface area contributed by atoms with E-state index in [1.54, 1.807) is 65.9 Å². The van der Waals surface area contributed by atoms with Crippen molar-refractivity contribution in [3.8, 4) is 0 Å². The van der Waals surface area contributed by atoms with Crippen molar-refractivity contribution >= 4 is 101 Å². The summed E-state index contributed by atoms with van der Waals surface area (Å²) >= 11 is 2.76. The molecule has 2 aromatic carbocycles. The highest BCUT2D eigenvalue weighted by Crippen LogP contribution is 2.31. The molecule has 26 nitrogen and oxygen atoms in total. The smallest absolute Gasteiger partial charge is 0.416 e. The summed E-state index contributed by atoms with van der Waals surface area (Å²) in [5, 5.41) is 30.1.